The molecule has 1 heterocycles. The van der Waals surface area contributed by atoms with Crippen LogP contribution in [0.5, 0.6) is 0 Å². The summed E-state index contributed by atoms with van der Waals surface area (Å²) >= 11 is 0. The Labute approximate surface area is 101 Å². The van der Waals surface area contributed by atoms with Crippen LogP contribution in [0.1, 0.15) is 25.0 Å². The molecule has 2 aromatic rings. The first-order chi connectivity index (χ1) is 8.01. The van der Waals surface area contributed by atoms with Gasteiger partial charge in [0.2, 0.25) is 5.91 Å². The zero-order valence-corrected chi connectivity index (χ0v) is 10.3. The van der Waals surface area contributed by atoms with Crippen LogP contribution in [0.15, 0.2) is 30.3 Å². The van der Waals surface area contributed by atoms with E-state index in [-0.39, 0.29) is 5.91 Å². The van der Waals surface area contributed by atoms with Crippen molar-refractivity contribution >= 4 is 22.4 Å². The molecule has 86 valence electrons. The van der Waals surface area contributed by atoms with Crippen molar-refractivity contribution < 1.29 is 4.79 Å². The Morgan fingerprint density at radius 3 is 2.65 bits per heavy atom. The van der Waals surface area contributed by atoms with Crippen LogP contribution in [0.2, 0.25) is 0 Å². The van der Waals surface area contributed by atoms with Gasteiger partial charge in [0.1, 0.15) is 0 Å². The molecular weight excluding hydrogens is 210 g/mol. The van der Waals surface area contributed by atoms with Gasteiger partial charge in [-0.25, -0.2) is 0 Å². The fourth-order valence-corrected chi connectivity index (χ4v) is 2.81. The van der Waals surface area contributed by atoms with E-state index in [4.69, 9.17) is 0 Å². The minimum atomic E-state index is -0.427. The summed E-state index contributed by atoms with van der Waals surface area (Å²) in [5.41, 5.74) is 2.89. The molecule has 0 unspecified atom stereocenters. The standard InChI is InChI=1S/C15H15NO/c1-9-8-10-6-4-5-7-11(10)13-12(9)15(2,3)14(17)16-13/h4-8H,1-3H3,(H,16,17). The maximum Gasteiger partial charge on any atom is 0.234 e. The molecule has 0 fully saturated rings. The van der Waals surface area contributed by atoms with Gasteiger partial charge >= 0.3 is 0 Å². The molecule has 0 radical (unpaired) electrons. The molecule has 0 aliphatic carbocycles. The molecular formula is C15H15NO. The number of benzene rings is 2. The molecule has 0 saturated carbocycles. The highest BCUT2D eigenvalue weighted by molar-refractivity contribution is 6.13. The van der Waals surface area contributed by atoms with Crippen LogP contribution in [0.25, 0.3) is 10.8 Å². The summed E-state index contributed by atoms with van der Waals surface area (Å²) in [6, 6.07) is 10.3. The number of aryl methyl sites for hydroxylation is 1. The van der Waals surface area contributed by atoms with E-state index in [1.807, 2.05) is 26.0 Å². The number of rotatable bonds is 0. The lowest BCUT2D eigenvalue weighted by Gasteiger charge is -2.18. The highest BCUT2D eigenvalue weighted by Crippen LogP contribution is 2.43. The Hall–Kier alpha value is -1.83. The topological polar surface area (TPSA) is 29.1 Å². The fourth-order valence-electron chi connectivity index (χ4n) is 2.81. The van der Waals surface area contributed by atoms with E-state index in [9.17, 15) is 4.79 Å². The number of anilines is 1. The Morgan fingerprint density at radius 1 is 1.18 bits per heavy atom. The second kappa shape index (κ2) is 3.10. The third-order valence-electron chi connectivity index (χ3n) is 3.68. The van der Waals surface area contributed by atoms with Crippen molar-refractivity contribution in [1.29, 1.82) is 0 Å². The summed E-state index contributed by atoms with van der Waals surface area (Å²) in [4.78, 5) is 12.0. The van der Waals surface area contributed by atoms with Gasteiger partial charge in [0, 0.05) is 5.39 Å². The molecule has 2 nitrogen and oxygen atoms in total. The first kappa shape index (κ1) is 10.3. The summed E-state index contributed by atoms with van der Waals surface area (Å²) in [5, 5.41) is 5.35. The number of nitrogens with one attached hydrogen (secondary N) is 1. The van der Waals surface area contributed by atoms with Gasteiger partial charge in [0.25, 0.3) is 0 Å². The molecule has 0 aromatic heterocycles. The summed E-state index contributed by atoms with van der Waals surface area (Å²) < 4.78 is 0. The molecule has 2 aromatic carbocycles. The van der Waals surface area contributed by atoms with Crippen LogP contribution in [-0.4, -0.2) is 5.91 Å². The lowest BCUT2D eigenvalue weighted by Crippen LogP contribution is -2.27. The van der Waals surface area contributed by atoms with Crippen molar-refractivity contribution in [2.75, 3.05) is 5.32 Å². The zero-order chi connectivity index (χ0) is 12.2. The van der Waals surface area contributed by atoms with Crippen molar-refractivity contribution in [2.45, 2.75) is 26.2 Å². The van der Waals surface area contributed by atoms with E-state index in [2.05, 4.69) is 30.4 Å². The normalized spacial score (nSPS) is 17.0. The number of fused-ring (bicyclic) bond motifs is 3. The molecule has 0 spiro atoms. The minimum Gasteiger partial charge on any atom is -0.324 e. The highest BCUT2D eigenvalue weighted by atomic mass is 16.2. The zero-order valence-electron chi connectivity index (χ0n) is 10.3. The van der Waals surface area contributed by atoms with Crippen molar-refractivity contribution in [3.63, 3.8) is 0 Å². The van der Waals surface area contributed by atoms with Gasteiger partial charge in [0.15, 0.2) is 0 Å². The van der Waals surface area contributed by atoms with Crippen LogP contribution in [0.3, 0.4) is 0 Å². The van der Waals surface area contributed by atoms with E-state index in [1.54, 1.807) is 0 Å². The number of carbonyl (C=O) groups is 1. The summed E-state index contributed by atoms with van der Waals surface area (Å²) in [6.45, 7) is 6.04. The van der Waals surface area contributed by atoms with Gasteiger partial charge in [-0.2, -0.15) is 0 Å². The fraction of sp³-hybridized carbons (Fsp3) is 0.267. The third kappa shape index (κ3) is 1.24. The lowest BCUT2D eigenvalue weighted by atomic mass is 9.82. The van der Waals surface area contributed by atoms with Gasteiger partial charge in [-0.1, -0.05) is 30.3 Å². The molecule has 1 amide bonds. The molecule has 1 aliphatic heterocycles. The third-order valence-corrected chi connectivity index (χ3v) is 3.68. The largest absolute Gasteiger partial charge is 0.324 e. The SMILES string of the molecule is Cc1cc2ccccc2c2c1C(C)(C)C(=O)N2. The summed E-state index contributed by atoms with van der Waals surface area (Å²) in [7, 11) is 0. The molecule has 0 saturated heterocycles. The first-order valence-electron chi connectivity index (χ1n) is 5.86. The van der Waals surface area contributed by atoms with Crippen LogP contribution in [-0.2, 0) is 10.2 Å². The summed E-state index contributed by atoms with van der Waals surface area (Å²) in [6.07, 6.45) is 0. The predicted molar refractivity (Wildman–Crippen MR) is 70.3 cm³/mol. The average molecular weight is 225 g/mol. The molecule has 0 bridgehead atoms. The Morgan fingerprint density at radius 2 is 1.88 bits per heavy atom. The van der Waals surface area contributed by atoms with Gasteiger partial charge in [-0.15, -0.1) is 0 Å². The highest BCUT2D eigenvalue weighted by Gasteiger charge is 2.40. The maximum absolute atomic E-state index is 12.0. The molecule has 1 N–H and O–H groups in total. The Bertz CT molecular complexity index is 641. The molecule has 17 heavy (non-hydrogen) atoms. The second-order valence-electron chi connectivity index (χ2n) is 5.24. The smallest absolute Gasteiger partial charge is 0.234 e. The average Bonchev–Trinajstić information content (AvgIpc) is 2.51. The Balaban J connectivity index is 2.46. The van der Waals surface area contributed by atoms with Gasteiger partial charge in [-0.05, 0) is 37.3 Å². The van der Waals surface area contributed by atoms with Crippen LogP contribution in [0.4, 0.5) is 5.69 Å². The van der Waals surface area contributed by atoms with E-state index in [1.165, 1.54) is 10.9 Å². The Kier molecular flexibility index (Phi) is 1.88. The van der Waals surface area contributed by atoms with Crippen molar-refractivity contribution in [3.8, 4) is 0 Å². The predicted octanol–water partition coefficient (Wildman–Crippen LogP) is 3.38. The van der Waals surface area contributed by atoms with Crippen LogP contribution < -0.4 is 5.32 Å². The first-order valence-corrected chi connectivity index (χ1v) is 5.86. The number of carbonyl (C=O) groups excluding carboxylic acids is 1. The maximum atomic E-state index is 12.0. The quantitative estimate of drug-likeness (QED) is 0.731. The van der Waals surface area contributed by atoms with E-state index >= 15 is 0 Å². The second-order valence-corrected chi connectivity index (χ2v) is 5.24. The van der Waals surface area contributed by atoms with E-state index < -0.39 is 5.41 Å². The molecule has 2 heteroatoms. The monoisotopic (exact) mass is 225 g/mol. The minimum absolute atomic E-state index is 0.0898. The molecule has 0 atom stereocenters. The van der Waals surface area contributed by atoms with Crippen molar-refractivity contribution in [3.05, 3.63) is 41.5 Å². The van der Waals surface area contributed by atoms with Gasteiger partial charge in [-0.3, -0.25) is 4.79 Å². The molecule has 3 rings (SSSR count). The number of hydrogen-bond donors (Lipinski definition) is 1. The van der Waals surface area contributed by atoms with Crippen molar-refractivity contribution in [2.24, 2.45) is 0 Å². The van der Waals surface area contributed by atoms with Crippen LogP contribution >= 0.6 is 0 Å². The number of amides is 1. The van der Waals surface area contributed by atoms with Crippen LogP contribution in [0, 0.1) is 6.92 Å². The van der Waals surface area contributed by atoms with Gasteiger partial charge in [0.05, 0.1) is 11.1 Å². The van der Waals surface area contributed by atoms with E-state index in [0.29, 0.717) is 0 Å². The van der Waals surface area contributed by atoms with Crippen molar-refractivity contribution in [1.82, 2.24) is 0 Å². The lowest BCUT2D eigenvalue weighted by molar-refractivity contribution is -0.119. The number of hydrogen-bond acceptors (Lipinski definition) is 1. The summed E-state index contributed by atoms with van der Waals surface area (Å²) in [5.74, 6) is 0.0898. The van der Waals surface area contributed by atoms with Gasteiger partial charge < -0.3 is 5.32 Å². The van der Waals surface area contributed by atoms with E-state index in [0.717, 1.165) is 16.6 Å². The molecule has 1 aliphatic rings.